The number of halogens is 1. The summed E-state index contributed by atoms with van der Waals surface area (Å²) in [5.41, 5.74) is 4.32. The molecule has 2 aromatic carbocycles. The number of nitrogens with zero attached hydrogens (tertiary/aromatic N) is 2. The third kappa shape index (κ3) is 3.30. The van der Waals surface area contributed by atoms with Gasteiger partial charge in [0.15, 0.2) is 0 Å². The van der Waals surface area contributed by atoms with Gasteiger partial charge in [0.1, 0.15) is 22.3 Å². The van der Waals surface area contributed by atoms with E-state index < -0.39 is 0 Å². The van der Waals surface area contributed by atoms with Crippen molar-refractivity contribution in [3.05, 3.63) is 70.6 Å². The highest BCUT2D eigenvalue weighted by atomic mass is 32.1. The van der Waals surface area contributed by atoms with E-state index in [-0.39, 0.29) is 5.82 Å². The number of thiophene rings is 1. The van der Waals surface area contributed by atoms with E-state index >= 15 is 0 Å². The van der Waals surface area contributed by atoms with E-state index in [2.05, 4.69) is 36.3 Å². The lowest BCUT2D eigenvalue weighted by Crippen LogP contribution is -2.00. The largest absolute Gasteiger partial charge is 0.339 e. The first-order valence-corrected chi connectivity index (χ1v) is 9.77. The van der Waals surface area contributed by atoms with Gasteiger partial charge in [-0.25, -0.2) is 14.4 Å². The summed E-state index contributed by atoms with van der Waals surface area (Å²) in [7, 11) is 0. The lowest BCUT2D eigenvalue weighted by Gasteiger charge is -2.13. The van der Waals surface area contributed by atoms with Crippen LogP contribution in [0.2, 0.25) is 0 Å². The molecule has 27 heavy (non-hydrogen) atoms. The van der Waals surface area contributed by atoms with Gasteiger partial charge < -0.3 is 5.32 Å². The Bertz CT molecular complexity index is 1120. The number of fused-ring (bicyclic) bond motifs is 1. The van der Waals surface area contributed by atoms with Crippen molar-refractivity contribution >= 4 is 33.1 Å². The number of hydrogen-bond acceptors (Lipinski definition) is 4. The van der Waals surface area contributed by atoms with Gasteiger partial charge in [-0.1, -0.05) is 37.3 Å². The Morgan fingerprint density at radius 3 is 2.48 bits per heavy atom. The van der Waals surface area contributed by atoms with Gasteiger partial charge in [-0.2, -0.15) is 0 Å². The van der Waals surface area contributed by atoms with Crippen LogP contribution in [-0.4, -0.2) is 9.97 Å². The summed E-state index contributed by atoms with van der Waals surface area (Å²) in [4.78, 5) is 11.4. The highest BCUT2D eigenvalue weighted by Crippen LogP contribution is 2.41. The molecule has 0 aliphatic heterocycles. The second kappa shape index (κ2) is 7.08. The highest BCUT2D eigenvalue weighted by Gasteiger charge is 2.18. The molecule has 0 atom stereocenters. The van der Waals surface area contributed by atoms with Crippen molar-refractivity contribution in [3.63, 3.8) is 0 Å². The molecule has 3 nitrogen and oxygen atoms in total. The van der Waals surface area contributed by atoms with Crippen LogP contribution in [0.4, 0.5) is 15.9 Å². The summed E-state index contributed by atoms with van der Waals surface area (Å²) in [6.45, 7) is 6.12. The number of anilines is 2. The molecule has 0 aliphatic rings. The monoisotopic (exact) mass is 377 g/mol. The Labute approximate surface area is 161 Å². The van der Waals surface area contributed by atoms with Gasteiger partial charge in [0.05, 0.1) is 5.39 Å². The topological polar surface area (TPSA) is 37.8 Å². The molecule has 0 saturated heterocycles. The number of hydrogen-bond donors (Lipinski definition) is 1. The predicted octanol–water partition coefficient (Wildman–Crippen LogP) is 6.42. The zero-order chi connectivity index (χ0) is 19.0. The van der Waals surface area contributed by atoms with E-state index in [1.54, 1.807) is 11.3 Å². The minimum absolute atomic E-state index is 0.238. The third-order valence-corrected chi connectivity index (χ3v) is 5.62. The van der Waals surface area contributed by atoms with Gasteiger partial charge in [-0.3, -0.25) is 0 Å². The van der Waals surface area contributed by atoms with E-state index in [0.717, 1.165) is 50.0 Å². The molecule has 4 rings (SSSR count). The fourth-order valence-electron chi connectivity index (χ4n) is 3.35. The fraction of sp³-hybridized carbons (Fsp3) is 0.182. The SMILES string of the molecule is CCc1ccccc1Nc1nc(C)nc2sc(C)c(-c3ccc(F)cc3)c12. The maximum absolute atomic E-state index is 13.4. The number of aryl methyl sites for hydroxylation is 3. The summed E-state index contributed by atoms with van der Waals surface area (Å²) in [6.07, 6.45) is 0.934. The molecular formula is C22H20FN3S. The summed E-state index contributed by atoms with van der Waals surface area (Å²) in [6, 6.07) is 14.9. The molecule has 0 aliphatic carbocycles. The first-order valence-electron chi connectivity index (χ1n) is 8.95. The van der Waals surface area contributed by atoms with E-state index in [1.807, 2.05) is 31.2 Å². The van der Waals surface area contributed by atoms with Crippen molar-refractivity contribution in [2.45, 2.75) is 27.2 Å². The Balaban J connectivity index is 1.93. The van der Waals surface area contributed by atoms with Gasteiger partial charge in [-0.15, -0.1) is 11.3 Å². The van der Waals surface area contributed by atoms with Gasteiger partial charge in [-0.05, 0) is 49.6 Å². The molecule has 2 aromatic heterocycles. The molecule has 5 heteroatoms. The molecule has 0 unspecified atom stereocenters. The van der Waals surface area contributed by atoms with Crippen molar-refractivity contribution in [1.29, 1.82) is 0 Å². The summed E-state index contributed by atoms with van der Waals surface area (Å²) in [5.74, 6) is 1.28. The van der Waals surface area contributed by atoms with Gasteiger partial charge in [0, 0.05) is 16.1 Å². The normalized spacial score (nSPS) is 11.1. The number of benzene rings is 2. The molecule has 1 N–H and O–H groups in total. The number of para-hydroxylation sites is 1. The van der Waals surface area contributed by atoms with Crippen LogP contribution in [-0.2, 0) is 6.42 Å². The Morgan fingerprint density at radius 2 is 1.74 bits per heavy atom. The average molecular weight is 377 g/mol. The van der Waals surface area contributed by atoms with Gasteiger partial charge >= 0.3 is 0 Å². The highest BCUT2D eigenvalue weighted by molar-refractivity contribution is 7.19. The molecule has 0 bridgehead atoms. The molecule has 4 aromatic rings. The summed E-state index contributed by atoms with van der Waals surface area (Å²) >= 11 is 1.64. The van der Waals surface area contributed by atoms with Crippen molar-refractivity contribution in [1.82, 2.24) is 9.97 Å². The average Bonchev–Trinajstić information content (AvgIpc) is 2.98. The van der Waals surface area contributed by atoms with Crippen LogP contribution < -0.4 is 5.32 Å². The van der Waals surface area contributed by atoms with Crippen molar-refractivity contribution < 1.29 is 4.39 Å². The summed E-state index contributed by atoms with van der Waals surface area (Å²) < 4.78 is 13.4. The number of nitrogens with one attached hydrogen (secondary N) is 1. The second-order valence-electron chi connectivity index (χ2n) is 6.48. The third-order valence-electron chi connectivity index (χ3n) is 4.62. The van der Waals surface area contributed by atoms with Crippen LogP contribution in [0.15, 0.2) is 48.5 Å². The van der Waals surface area contributed by atoms with Crippen LogP contribution in [0, 0.1) is 19.7 Å². The minimum atomic E-state index is -0.238. The Kier molecular flexibility index (Phi) is 4.62. The molecule has 0 radical (unpaired) electrons. The van der Waals surface area contributed by atoms with E-state index in [9.17, 15) is 4.39 Å². The Hall–Kier alpha value is -2.79. The molecule has 0 saturated carbocycles. The Morgan fingerprint density at radius 1 is 1.00 bits per heavy atom. The van der Waals surface area contributed by atoms with Crippen LogP contribution in [0.5, 0.6) is 0 Å². The van der Waals surface area contributed by atoms with Crippen molar-refractivity contribution in [3.8, 4) is 11.1 Å². The second-order valence-corrected chi connectivity index (χ2v) is 7.68. The van der Waals surface area contributed by atoms with Crippen LogP contribution in [0.1, 0.15) is 23.2 Å². The van der Waals surface area contributed by atoms with Crippen LogP contribution >= 0.6 is 11.3 Å². The van der Waals surface area contributed by atoms with Gasteiger partial charge in [0.2, 0.25) is 0 Å². The molecular weight excluding hydrogens is 357 g/mol. The molecule has 0 fully saturated rings. The van der Waals surface area contributed by atoms with E-state index in [4.69, 9.17) is 4.98 Å². The molecule has 2 heterocycles. The molecule has 136 valence electrons. The van der Waals surface area contributed by atoms with Crippen molar-refractivity contribution in [2.75, 3.05) is 5.32 Å². The minimum Gasteiger partial charge on any atom is -0.339 e. The quantitative estimate of drug-likeness (QED) is 0.446. The molecule has 0 spiro atoms. The van der Waals surface area contributed by atoms with Crippen LogP contribution in [0.3, 0.4) is 0 Å². The first kappa shape index (κ1) is 17.6. The van der Waals surface area contributed by atoms with Gasteiger partial charge in [0.25, 0.3) is 0 Å². The fourth-order valence-corrected chi connectivity index (χ4v) is 4.44. The van der Waals surface area contributed by atoms with E-state index in [1.165, 1.54) is 17.7 Å². The predicted molar refractivity (Wildman–Crippen MR) is 111 cm³/mol. The standard InChI is InChI=1S/C22H20FN3S/c1-4-15-7-5-6-8-18(15)26-21-20-19(16-9-11-17(23)12-10-16)13(2)27-22(20)25-14(3)24-21/h5-12H,4H2,1-3H3,(H,24,25,26). The zero-order valence-electron chi connectivity index (χ0n) is 15.5. The maximum Gasteiger partial charge on any atom is 0.143 e. The lowest BCUT2D eigenvalue weighted by atomic mass is 10.0. The zero-order valence-corrected chi connectivity index (χ0v) is 16.3. The lowest BCUT2D eigenvalue weighted by molar-refractivity contribution is 0.628. The molecule has 0 amide bonds. The van der Waals surface area contributed by atoms with Crippen molar-refractivity contribution in [2.24, 2.45) is 0 Å². The van der Waals surface area contributed by atoms with E-state index in [0.29, 0.717) is 0 Å². The maximum atomic E-state index is 13.4. The smallest absolute Gasteiger partial charge is 0.143 e. The summed E-state index contributed by atoms with van der Waals surface area (Å²) in [5, 5.41) is 4.51. The number of rotatable bonds is 4. The van der Waals surface area contributed by atoms with Crippen LogP contribution in [0.25, 0.3) is 21.3 Å². The first-order chi connectivity index (χ1) is 13.1. The number of aromatic nitrogens is 2.